The Morgan fingerprint density at radius 2 is 2.41 bits per heavy atom. The average molecular weight is 253 g/mol. The molecule has 17 heavy (non-hydrogen) atoms. The van der Waals surface area contributed by atoms with Crippen LogP contribution in [0.5, 0.6) is 0 Å². The molecule has 0 amide bonds. The van der Waals surface area contributed by atoms with Crippen molar-refractivity contribution in [2.75, 3.05) is 26.7 Å². The number of aryl methyl sites for hydroxylation is 1. The number of rotatable bonds is 5. The SMILES string of the molecule is CCC1(CN(C)Cc2csc(C)n2)CCNC1. The van der Waals surface area contributed by atoms with E-state index in [0.29, 0.717) is 5.41 Å². The van der Waals surface area contributed by atoms with Crippen molar-refractivity contribution in [1.82, 2.24) is 15.2 Å². The highest BCUT2D eigenvalue weighted by atomic mass is 32.1. The molecule has 0 bridgehead atoms. The van der Waals surface area contributed by atoms with Gasteiger partial charge in [0.1, 0.15) is 0 Å². The third-order valence-corrected chi connectivity index (χ3v) is 4.61. The summed E-state index contributed by atoms with van der Waals surface area (Å²) in [6.07, 6.45) is 2.57. The summed E-state index contributed by atoms with van der Waals surface area (Å²) in [7, 11) is 2.21. The molecule has 0 aliphatic carbocycles. The average Bonchev–Trinajstić information content (AvgIpc) is 2.89. The molecule has 0 radical (unpaired) electrons. The first-order valence-corrected chi connectivity index (χ1v) is 7.32. The first-order valence-electron chi connectivity index (χ1n) is 6.44. The van der Waals surface area contributed by atoms with E-state index in [1.54, 1.807) is 11.3 Å². The summed E-state index contributed by atoms with van der Waals surface area (Å²) in [5, 5.41) is 6.84. The lowest BCUT2D eigenvalue weighted by Crippen LogP contribution is -2.36. The minimum absolute atomic E-state index is 0.486. The van der Waals surface area contributed by atoms with Crippen LogP contribution >= 0.6 is 11.3 Å². The van der Waals surface area contributed by atoms with Gasteiger partial charge >= 0.3 is 0 Å². The number of nitrogens with zero attached hydrogens (tertiary/aromatic N) is 2. The van der Waals surface area contributed by atoms with Gasteiger partial charge in [0.25, 0.3) is 0 Å². The van der Waals surface area contributed by atoms with Crippen LogP contribution in [0.15, 0.2) is 5.38 Å². The van der Waals surface area contributed by atoms with Crippen molar-refractivity contribution in [2.24, 2.45) is 5.41 Å². The van der Waals surface area contributed by atoms with Crippen molar-refractivity contribution in [3.63, 3.8) is 0 Å². The lowest BCUT2D eigenvalue weighted by molar-refractivity contribution is 0.178. The smallest absolute Gasteiger partial charge is 0.0897 e. The van der Waals surface area contributed by atoms with E-state index in [1.165, 1.54) is 43.2 Å². The van der Waals surface area contributed by atoms with Gasteiger partial charge in [-0.15, -0.1) is 11.3 Å². The molecule has 0 aromatic carbocycles. The van der Waals surface area contributed by atoms with Crippen LogP contribution in [0.1, 0.15) is 30.5 Å². The Labute approximate surface area is 108 Å². The summed E-state index contributed by atoms with van der Waals surface area (Å²) in [5.41, 5.74) is 1.70. The fourth-order valence-corrected chi connectivity index (χ4v) is 3.33. The molecule has 2 heterocycles. The fourth-order valence-electron chi connectivity index (χ4n) is 2.73. The summed E-state index contributed by atoms with van der Waals surface area (Å²) >= 11 is 1.74. The van der Waals surface area contributed by atoms with Crippen LogP contribution in [0.25, 0.3) is 0 Å². The van der Waals surface area contributed by atoms with Crippen LogP contribution in [0.2, 0.25) is 0 Å². The van der Waals surface area contributed by atoms with E-state index in [9.17, 15) is 0 Å². The highest BCUT2D eigenvalue weighted by molar-refractivity contribution is 7.09. The second-order valence-electron chi connectivity index (χ2n) is 5.31. The number of nitrogens with one attached hydrogen (secondary N) is 1. The largest absolute Gasteiger partial charge is 0.316 e. The van der Waals surface area contributed by atoms with Crippen molar-refractivity contribution in [3.8, 4) is 0 Å². The zero-order chi connectivity index (χ0) is 12.3. The van der Waals surface area contributed by atoms with E-state index in [0.717, 1.165) is 6.54 Å². The summed E-state index contributed by atoms with van der Waals surface area (Å²) in [6, 6.07) is 0. The molecule has 1 unspecified atom stereocenters. The lowest BCUT2D eigenvalue weighted by atomic mass is 9.84. The summed E-state index contributed by atoms with van der Waals surface area (Å²) in [6.45, 7) is 8.89. The van der Waals surface area contributed by atoms with E-state index in [2.05, 4.69) is 41.5 Å². The van der Waals surface area contributed by atoms with E-state index in [-0.39, 0.29) is 0 Å². The molecule has 1 aliphatic rings. The molecule has 1 aromatic rings. The highest BCUT2D eigenvalue weighted by Crippen LogP contribution is 2.30. The zero-order valence-corrected chi connectivity index (χ0v) is 11.9. The van der Waals surface area contributed by atoms with Gasteiger partial charge in [-0.05, 0) is 38.8 Å². The van der Waals surface area contributed by atoms with Crippen molar-refractivity contribution >= 4 is 11.3 Å². The van der Waals surface area contributed by atoms with Crippen LogP contribution < -0.4 is 5.32 Å². The molecule has 1 fully saturated rings. The van der Waals surface area contributed by atoms with Gasteiger partial charge in [-0.3, -0.25) is 4.90 Å². The second kappa shape index (κ2) is 5.46. The first-order chi connectivity index (χ1) is 8.13. The van der Waals surface area contributed by atoms with Gasteiger partial charge in [-0.1, -0.05) is 6.92 Å². The lowest BCUT2D eigenvalue weighted by Gasteiger charge is -2.31. The van der Waals surface area contributed by atoms with Gasteiger partial charge in [0.05, 0.1) is 10.7 Å². The normalized spacial score (nSPS) is 24.7. The molecule has 96 valence electrons. The quantitative estimate of drug-likeness (QED) is 0.872. The van der Waals surface area contributed by atoms with Crippen molar-refractivity contribution in [1.29, 1.82) is 0 Å². The maximum absolute atomic E-state index is 4.54. The van der Waals surface area contributed by atoms with Crippen molar-refractivity contribution in [2.45, 2.75) is 33.2 Å². The molecular formula is C13H23N3S. The number of hydrogen-bond acceptors (Lipinski definition) is 4. The maximum Gasteiger partial charge on any atom is 0.0897 e. The molecule has 1 N–H and O–H groups in total. The number of hydrogen-bond donors (Lipinski definition) is 1. The molecule has 4 heteroatoms. The van der Waals surface area contributed by atoms with Crippen LogP contribution in [-0.2, 0) is 6.54 Å². The Morgan fingerprint density at radius 3 is 2.94 bits per heavy atom. The predicted molar refractivity (Wildman–Crippen MR) is 73.4 cm³/mol. The number of thiazole rings is 1. The molecule has 1 aliphatic heterocycles. The van der Waals surface area contributed by atoms with Gasteiger partial charge in [-0.25, -0.2) is 4.98 Å². The van der Waals surface area contributed by atoms with Gasteiger partial charge in [0.15, 0.2) is 0 Å². The van der Waals surface area contributed by atoms with Gasteiger partial charge in [0, 0.05) is 25.0 Å². The molecular weight excluding hydrogens is 230 g/mol. The van der Waals surface area contributed by atoms with E-state index in [1.807, 2.05) is 0 Å². The second-order valence-corrected chi connectivity index (χ2v) is 6.37. The third-order valence-electron chi connectivity index (χ3n) is 3.79. The van der Waals surface area contributed by atoms with Crippen LogP contribution in [0, 0.1) is 12.3 Å². The molecule has 1 aromatic heterocycles. The standard InChI is InChI=1S/C13H23N3S/c1-4-13(5-6-14-9-13)10-16(3)7-12-8-17-11(2)15-12/h8,14H,4-7,9-10H2,1-3H3. The third kappa shape index (κ3) is 3.27. The van der Waals surface area contributed by atoms with E-state index < -0.39 is 0 Å². The Morgan fingerprint density at radius 1 is 1.59 bits per heavy atom. The Kier molecular flexibility index (Phi) is 4.17. The molecule has 1 atom stereocenters. The first kappa shape index (κ1) is 13.0. The highest BCUT2D eigenvalue weighted by Gasteiger charge is 2.32. The summed E-state index contributed by atoms with van der Waals surface area (Å²) < 4.78 is 0. The van der Waals surface area contributed by atoms with Crippen LogP contribution in [0.3, 0.4) is 0 Å². The Bertz CT molecular complexity index is 355. The van der Waals surface area contributed by atoms with Crippen molar-refractivity contribution < 1.29 is 0 Å². The van der Waals surface area contributed by atoms with Crippen LogP contribution in [0.4, 0.5) is 0 Å². The Hall–Kier alpha value is -0.450. The van der Waals surface area contributed by atoms with E-state index in [4.69, 9.17) is 0 Å². The van der Waals surface area contributed by atoms with Crippen molar-refractivity contribution in [3.05, 3.63) is 16.1 Å². The molecule has 0 spiro atoms. The Balaban J connectivity index is 1.90. The van der Waals surface area contributed by atoms with Gasteiger partial charge in [-0.2, -0.15) is 0 Å². The summed E-state index contributed by atoms with van der Waals surface area (Å²) in [4.78, 5) is 6.96. The molecule has 2 rings (SSSR count). The summed E-state index contributed by atoms with van der Waals surface area (Å²) in [5.74, 6) is 0. The maximum atomic E-state index is 4.54. The topological polar surface area (TPSA) is 28.2 Å². The van der Waals surface area contributed by atoms with Crippen LogP contribution in [-0.4, -0.2) is 36.6 Å². The predicted octanol–water partition coefficient (Wildman–Crippen LogP) is 2.27. The minimum atomic E-state index is 0.486. The molecule has 0 saturated carbocycles. The monoisotopic (exact) mass is 253 g/mol. The van der Waals surface area contributed by atoms with Gasteiger partial charge < -0.3 is 5.32 Å². The van der Waals surface area contributed by atoms with E-state index >= 15 is 0 Å². The fraction of sp³-hybridized carbons (Fsp3) is 0.769. The minimum Gasteiger partial charge on any atom is -0.316 e. The molecule has 1 saturated heterocycles. The van der Waals surface area contributed by atoms with Gasteiger partial charge in [0.2, 0.25) is 0 Å². The zero-order valence-electron chi connectivity index (χ0n) is 11.1. The number of aromatic nitrogens is 1. The molecule has 3 nitrogen and oxygen atoms in total.